The summed E-state index contributed by atoms with van der Waals surface area (Å²) in [5.41, 5.74) is 1.60. The van der Waals surface area contributed by atoms with Gasteiger partial charge in [0.2, 0.25) is 0 Å². The SMILES string of the molecule is COc1ccc(C)cc1NC(=O)COC(=O)c1ccc(Cl)cc1Cl. The van der Waals surface area contributed by atoms with E-state index in [-0.39, 0.29) is 10.6 Å². The summed E-state index contributed by atoms with van der Waals surface area (Å²) in [6, 6.07) is 9.74. The molecule has 0 bridgehead atoms. The first-order valence-corrected chi connectivity index (χ1v) is 7.73. The number of hydrogen-bond donors (Lipinski definition) is 1. The summed E-state index contributed by atoms with van der Waals surface area (Å²) in [4.78, 5) is 23.9. The van der Waals surface area contributed by atoms with E-state index in [1.165, 1.54) is 25.3 Å². The molecule has 0 saturated carbocycles. The third-order valence-electron chi connectivity index (χ3n) is 3.11. The number of benzene rings is 2. The fourth-order valence-corrected chi connectivity index (χ4v) is 2.46. The Morgan fingerprint density at radius 2 is 1.88 bits per heavy atom. The summed E-state index contributed by atoms with van der Waals surface area (Å²) in [5.74, 6) is -0.679. The number of carbonyl (C=O) groups is 2. The normalized spacial score (nSPS) is 10.2. The van der Waals surface area contributed by atoms with Crippen molar-refractivity contribution >= 4 is 40.8 Å². The van der Waals surface area contributed by atoms with Crippen molar-refractivity contribution < 1.29 is 19.1 Å². The Morgan fingerprint density at radius 3 is 2.54 bits per heavy atom. The molecule has 0 heterocycles. The Labute approximate surface area is 149 Å². The highest BCUT2D eigenvalue weighted by atomic mass is 35.5. The lowest BCUT2D eigenvalue weighted by molar-refractivity contribution is -0.119. The van der Waals surface area contributed by atoms with E-state index in [1.54, 1.807) is 12.1 Å². The van der Waals surface area contributed by atoms with Crippen LogP contribution in [0.5, 0.6) is 5.75 Å². The summed E-state index contributed by atoms with van der Waals surface area (Å²) >= 11 is 11.7. The van der Waals surface area contributed by atoms with Gasteiger partial charge in [-0.25, -0.2) is 4.79 Å². The standard InChI is InChI=1S/C17H15Cl2NO4/c1-10-3-6-15(23-2)14(7-10)20-16(21)9-24-17(22)12-5-4-11(18)8-13(12)19/h3-8H,9H2,1-2H3,(H,20,21). The Bertz CT molecular complexity index is 777. The van der Waals surface area contributed by atoms with Crippen molar-refractivity contribution in [3.8, 4) is 5.75 Å². The number of anilines is 1. The topological polar surface area (TPSA) is 64.6 Å². The Morgan fingerprint density at radius 1 is 1.12 bits per heavy atom. The zero-order chi connectivity index (χ0) is 17.7. The molecule has 1 amide bonds. The Kier molecular flexibility index (Phi) is 6.06. The molecule has 1 N–H and O–H groups in total. The van der Waals surface area contributed by atoms with Gasteiger partial charge in [-0.3, -0.25) is 4.79 Å². The van der Waals surface area contributed by atoms with Crippen LogP contribution in [0.1, 0.15) is 15.9 Å². The lowest BCUT2D eigenvalue weighted by Gasteiger charge is -2.11. The second kappa shape index (κ2) is 8.04. The Balaban J connectivity index is 1.98. The van der Waals surface area contributed by atoms with Gasteiger partial charge < -0.3 is 14.8 Å². The van der Waals surface area contributed by atoms with E-state index in [0.717, 1.165) is 5.56 Å². The molecule has 2 aromatic carbocycles. The average molecular weight is 368 g/mol. The van der Waals surface area contributed by atoms with Gasteiger partial charge in [0.05, 0.1) is 23.4 Å². The van der Waals surface area contributed by atoms with Crippen LogP contribution >= 0.6 is 23.2 Å². The van der Waals surface area contributed by atoms with Gasteiger partial charge in [0.25, 0.3) is 5.91 Å². The average Bonchev–Trinajstić information content (AvgIpc) is 2.53. The molecule has 0 saturated heterocycles. The van der Waals surface area contributed by atoms with Gasteiger partial charge >= 0.3 is 5.97 Å². The van der Waals surface area contributed by atoms with Crippen LogP contribution in [0.2, 0.25) is 10.0 Å². The van der Waals surface area contributed by atoms with E-state index in [9.17, 15) is 9.59 Å². The smallest absolute Gasteiger partial charge is 0.340 e. The van der Waals surface area contributed by atoms with E-state index < -0.39 is 18.5 Å². The molecule has 5 nitrogen and oxygen atoms in total. The number of aryl methyl sites for hydroxylation is 1. The largest absolute Gasteiger partial charge is 0.495 e. The summed E-state index contributed by atoms with van der Waals surface area (Å²) in [7, 11) is 1.50. The first-order valence-electron chi connectivity index (χ1n) is 6.97. The van der Waals surface area contributed by atoms with E-state index in [2.05, 4.69) is 5.32 Å². The number of amides is 1. The van der Waals surface area contributed by atoms with Crippen LogP contribution in [0, 0.1) is 6.92 Å². The predicted octanol–water partition coefficient (Wildman–Crippen LogP) is 4.11. The van der Waals surface area contributed by atoms with Crippen LogP contribution in [0.3, 0.4) is 0 Å². The zero-order valence-electron chi connectivity index (χ0n) is 13.1. The van der Waals surface area contributed by atoms with Crippen molar-refractivity contribution in [3.05, 3.63) is 57.6 Å². The molecule has 0 aliphatic carbocycles. The first kappa shape index (κ1) is 18.1. The van der Waals surface area contributed by atoms with Crippen LogP contribution in [0.15, 0.2) is 36.4 Å². The zero-order valence-corrected chi connectivity index (χ0v) is 14.6. The highest BCUT2D eigenvalue weighted by Gasteiger charge is 2.15. The third kappa shape index (κ3) is 4.63. The molecule has 126 valence electrons. The molecule has 0 spiro atoms. The lowest BCUT2D eigenvalue weighted by atomic mass is 10.2. The van der Waals surface area contributed by atoms with Crippen LogP contribution in [-0.4, -0.2) is 25.6 Å². The van der Waals surface area contributed by atoms with Crippen molar-refractivity contribution in [2.24, 2.45) is 0 Å². The summed E-state index contributed by atoms with van der Waals surface area (Å²) in [6.45, 7) is 1.44. The van der Waals surface area contributed by atoms with Crippen molar-refractivity contribution in [1.82, 2.24) is 0 Å². The van der Waals surface area contributed by atoms with E-state index in [1.807, 2.05) is 13.0 Å². The van der Waals surface area contributed by atoms with E-state index in [4.69, 9.17) is 32.7 Å². The van der Waals surface area contributed by atoms with Crippen LogP contribution in [-0.2, 0) is 9.53 Å². The van der Waals surface area contributed by atoms with Crippen LogP contribution in [0.4, 0.5) is 5.69 Å². The van der Waals surface area contributed by atoms with Gasteiger partial charge in [0.1, 0.15) is 5.75 Å². The summed E-state index contributed by atoms with van der Waals surface area (Å²) < 4.78 is 10.1. The molecule has 0 unspecified atom stereocenters. The molecule has 0 aliphatic rings. The number of ether oxygens (including phenoxy) is 2. The van der Waals surface area contributed by atoms with Gasteiger partial charge in [-0.2, -0.15) is 0 Å². The molecule has 7 heteroatoms. The summed E-state index contributed by atoms with van der Waals surface area (Å²) in [5, 5.41) is 3.20. The molecule has 2 rings (SSSR count). The second-order valence-corrected chi connectivity index (χ2v) is 5.80. The molecular weight excluding hydrogens is 353 g/mol. The van der Waals surface area contributed by atoms with Crippen molar-refractivity contribution in [2.75, 3.05) is 19.0 Å². The first-order chi connectivity index (χ1) is 11.4. The minimum atomic E-state index is -0.706. The van der Waals surface area contributed by atoms with Crippen LogP contribution in [0.25, 0.3) is 0 Å². The fraction of sp³-hybridized carbons (Fsp3) is 0.176. The number of rotatable bonds is 5. The van der Waals surface area contributed by atoms with Crippen molar-refractivity contribution in [2.45, 2.75) is 6.92 Å². The maximum atomic E-state index is 12.0. The van der Waals surface area contributed by atoms with Crippen LogP contribution < -0.4 is 10.1 Å². The minimum absolute atomic E-state index is 0.141. The van der Waals surface area contributed by atoms with Gasteiger partial charge in [0, 0.05) is 5.02 Å². The molecular formula is C17H15Cl2NO4. The van der Waals surface area contributed by atoms with Crippen molar-refractivity contribution in [3.63, 3.8) is 0 Å². The molecule has 0 fully saturated rings. The Hall–Kier alpha value is -2.24. The summed E-state index contributed by atoms with van der Waals surface area (Å²) in [6.07, 6.45) is 0. The van der Waals surface area contributed by atoms with Gasteiger partial charge in [0.15, 0.2) is 6.61 Å². The third-order valence-corrected chi connectivity index (χ3v) is 3.66. The quantitative estimate of drug-likeness (QED) is 0.807. The monoisotopic (exact) mass is 367 g/mol. The number of halogens is 2. The number of methoxy groups -OCH3 is 1. The van der Waals surface area contributed by atoms with Gasteiger partial charge in [-0.05, 0) is 42.8 Å². The molecule has 24 heavy (non-hydrogen) atoms. The fourth-order valence-electron chi connectivity index (χ4n) is 1.97. The minimum Gasteiger partial charge on any atom is -0.495 e. The molecule has 0 radical (unpaired) electrons. The highest BCUT2D eigenvalue weighted by molar-refractivity contribution is 6.36. The number of esters is 1. The number of carbonyl (C=O) groups excluding carboxylic acids is 2. The maximum absolute atomic E-state index is 12.0. The van der Waals surface area contributed by atoms with Crippen molar-refractivity contribution in [1.29, 1.82) is 0 Å². The number of hydrogen-bond acceptors (Lipinski definition) is 4. The number of nitrogens with one attached hydrogen (secondary N) is 1. The lowest BCUT2D eigenvalue weighted by Crippen LogP contribution is -2.21. The van der Waals surface area contributed by atoms with E-state index >= 15 is 0 Å². The molecule has 0 atom stereocenters. The highest BCUT2D eigenvalue weighted by Crippen LogP contribution is 2.25. The predicted molar refractivity (Wildman–Crippen MR) is 93.1 cm³/mol. The molecule has 0 aromatic heterocycles. The van der Waals surface area contributed by atoms with Gasteiger partial charge in [-0.1, -0.05) is 29.3 Å². The second-order valence-electron chi connectivity index (χ2n) is 4.95. The maximum Gasteiger partial charge on any atom is 0.340 e. The van der Waals surface area contributed by atoms with E-state index in [0.29, 0.717) is 16.5 Å². The molecule has 2 aromatic rings. The molecule has 0 aliphatic heterocycles. The van der Waals surface area contributed by atoms with Gasteiger partial charge in [-0.15, -0.1) is 0 Å².